The van der Waals surface area contributed by atoms with Crippen molar-refractivity contribution >= 4 is 22.6 Å². The Labute approximate surface area is 164 Å². The molecule has 1 aliphatic rings. The molecule has 144 valence electrons. The average molecular weight is 376 g/mol. The van der Waals surface area contributed by atoms with E-state index in [9.17, 15) is 9.59 Å². The van der Waals surface area contributed by atoms with Crippen LogP contribution in [-0.4, -0.2) is 47.5 Å². The quantitative estimate of drug-likeness (QED) is 0.639. The number of amides is 1. The lowest BCUT2D eigenvalue weighted by Gasteiger charge is -2.26. The van der Waals surface area contributed by atoms with E-state index in [1.54, 1.807) is 4.90 Å². The summed E-state index contributed by atoms with van der Waals surface area (Å²) < 4.78 is 7.37. The molecule has 1 saturated heterocycles. The number of hydrogen-bond acceptors (Lipinski definition) is 3. The molecule has 2 heterocycles. The topological polar surface area (TPSA) is 51.5 Å². The molecule has 0 atom stereocenters. The van der Waals surface area contributed by atoms with Gasteiger partial charge in [0.1, 0.15) is 0 Å². The maximum Gasteiger partial charge on any atom is 0.223 e. The second-order valence-electron chi connectivity index (χ2n) is 7.08. The number of aromatic nitrogens is 1. The highest BCUT2D eigenvalue weighted by Gasteiger charge is 2.24. The molecule has 4 rings (SSSR count). The van der Waals surface area contributed by atoms with Crippen LogP contribution in [0.25, 0.3) is 22.2 Å². The Kier molecular flexibility index (Phi) is 5.26. The van der Waals surface area contributed by atoms with Gasteiger partial charge >= 0.3 is 0 Å². The number of morpholine rings is 1. The van der Waals surface area contributed by atoms with Gasteiger partial charge in [0.2, 0.25) is 5.91 Å². The fraction of sp³-hybridized carbons (Fsp3) is 0.304. The monoisotopic (exact) mass is 376 g/mol. The van der Waals surface area contributed by atoms with E-state index in [4.69, 9.17) is 4.74 Å². The van der Waals surface area contributed by atoms with Crippen LogP contribution >= 0.6 is 0 Å². The molecule has 0 radical (unpaired) electrons. The predicted molar refractivity (Wildman–Crippen MR) is 109 cm³/mol. The Morgan fingerprint density at radius 2 is 1.61 bits per heavy atom. The molecule has 28 heavy (non-hydrogen) atoms. The molecule has 1 fully saturated rings. The Morgan fingerprint density at radius 1 is 0.929 bits per heavy atom. The van der Waals surface area contributed by atoms with E-state index in [0.717, 1.165) is 22.2 Å². The van der Waals surface area contributed by atoms with Crippen molar-refractivity contribution in [1.29, 1.82) is 0 Å². The van der Waals surface area contributed by atoms with Crippen LogP contribution in [-0.2, 0) is 16.6 Å². The van der Waals surface area contributed by atoms with Gasteiger partial charge < -0.3 is 14.2 Å². The van der Waals surface area contributed by atoms with E-state index >= 15 is 0 Å². The van der Waals surface area contributed by atoms with Gasteiger partial charge in [-0.3, -0.25) is 9.59 Å². The number of carbonyl (C=O) groups excluding carboxylic acids is 2. The standard InChI is InChI=1S/C23H24N2O3/c1-24-19-10-6-5-9-18(19)22(23(24)17-7-3-2-4-8-17)20(26)11-12-21(27)25-13-15-28-16-14-25/h2-10H,11-16H2,1H3. The van der Waals surface area contributed by atoms with Gasteiger partial charge in [0.25, 0.3) is 0 Å². The fourth-order valence-electron chi connectivity index (χ4n) is 3.93. The lowest BCUT2D eigenvalue weighted by atomic mass is 9.99. The van der Waals surface area contributed by atoms with Gasteiger partial charge in [-0.1, -0.05) is 48.5 Å². The van der Waals surface area contributed by atoms with E-state index in [2.05, 4.69) is 4.57 Å². The summed E-state index contributed by atoms with van der Waals surface area (Å²) in [5.41, 5.74) is 3.64. The van der Waals surface area contributed by atoms with Gasteiger partial charge in [-0.15, -0.1) is 0 Å². The zero-order valence-electron chi connectivity index (χ0n) is 16.1. The third-order valence-electron chi connectivity index (χ3n) is 5.36. The van der Waals surface area contributed by atoms with Gasteiger partial charge in [0.15, 0.2) is 5.78 Å². The van der Waals surface area contributed by atoms with Crippen molar-refractivity contribution in [3.8, 4) is 11.3 Å². The van der Waals surface area contributed by atoms with E-state index in [-0.39, 0.29) is 24.5 Å². The Balaban J connectivity index is 1.65. The molecule has 0 N–H and O–H groups in total. The van der Waals surface area contributed by atoms with Crippen LogP contribution in [0.2, 0.25) is 0 Å². The zero-order chi connectivity index (χ0) is 19.5. The summed E-state index contributed by atoms with van der Waals surface area (Å²) in [6.07, 6.45) is 0.445. The molecule has 0 bridgehead atoms. The van der Waals surface area contributed by atoms with E-state index < -0.39 is 0 Å². The molecule has 5 heteroatoms. The fourth-order valence-corrected chi connectivity index (χ4v) is 3.93. The van der Waals surface area contributed by atoms with E-state index in [1.165, 1.54) is 0 Å². The maximum absolute atomic E-state index is 13.2. The van der Waals surface area contributed by atoms with Gasteiger partial charge in [-0.25, -0.2) is 0 Å². The van der Waals surface area contributed by atoms with E-state index in [0.29, 0.717) is 31.9 Å². The summed E-state index contributed by atoms with van der Waals surface area (Å²) >= 11 is 0. The number of ether oxygens (including phenoxy) is 1. The first-order valence-corrected chi connectivity index (χ1v) is 9.68. The van der Waals surface area contributed by atoms with Crippen molar-refractivity contribution < 1.29 is 14.3 Å². The highest BCUT2D eigenvalue weighted by atomic mass is 16.5. The highest BCUT2D eigenvalue weighted by Crippen LogP contribution is 2.34. The maximum atomic E-state index is 13.2. The zero-order valence-corrected chi connectivity index (χ0v) is 16.1. The normalized spacial score (nSPS) is 14.4. The third kappa shape index (κ3) is 3.45. The van der Waals surface area contributed by atoms with Gasteiger partial charge in [0.05, 0.1) is 24.5 Å². The van der Waals surface area contributed by atoms with Crippen LogP contribution in [0.5, 0.6) is 0 Å². The average Bonchev–Trinajstić information content (AvgIpc) is 3.06. The Bertz CT molecular complexity index is 1000. The number of hydrogen-bond donors (Lipinski definition) is 0. The molecular formula is C23H24N2O3. The number of carbonyl (C=O) groups is 2. The second-order valence-corrected chi connectivity index (χ2v) is 7.08. The minimum atomic E-state index is 0.0114. The number of rotatable bonds is 5. The lowest BCUT2D eigenvalue weighted by Crippen LogP contribution is -2.40. The molecule has 0 aliphatic carbocycles. The number of ketones is 1. The molecule has 0 saturated carbocycles. The molecule has 3 aromatic rings. The molecular weight excluding hydrogens is 352 g/mol. The Hall–Kier alpha value is -2.92. The van der Waals surface area contributed by atoms with Crippen molar-refractivity contribution in [2.24, 2.45) is 7.05 Å². The van der Waals surface area contributed by atoms with E-state index in [1.807, 2.05) is 61.6 Å². The summed E-state index contributed by atoms with van der Waals surface area (Å²) in [7, 11) is 1.99. The molecule has 1 amide bonds. The van der Waals surface area contributed by atoms with Crippen molar-refractivity contribution in [2.75, 3.05) is 26.3 Å². The summed E-state index contributed by atoms with van der Waals surface area (Å²) in [6, 6.07) is 17.9. The van der Waals surface area contributed by atoms with Crippen LogP contribution in [0.1, 0.15) is 23.2 Å². The van der Waals surface area contributed by atoms with Gasteiger partial charge in [-0.05, 0) is 11.6 Å². The van der Waals surface area contributed by atoms with Crippen molar-refractivity contribution in [2.45, 2.75) is 12.8 Å². The number of benzene rings is 2. The molecule has 5 nitrogen and oxygen atoms in total. The second kappa shape index (κ2) is 7.98. The third-order valence-corrected chi connectivity index (χ3v) is 5.36. The highest BCUT2D eigenvalue weighted by molar-refractivity contribution is 6.14. The Morgan fingerprint density at radius 3 is 2.36 bits per heavy atom. The molecule has 0 unspecified atom stereocenters. The van der Waals surface area contributed by atoms with Crippen molar-refractivity contribution in [1.82, 2.24) is 9.47 Å². The summed E-state index contributed by atoms with van der Waals surface area (Å²) in [4.78, 5) is 27.5. The molecule has 1 aromatic heterocycles. The van der Waals surface area contributed by atoms with Crippen molar-refractivity contribution in [3.63, 3.8) is 0 Å². The molecule has 0 spiro atoms. The molecule has 2 aromatic carbocycles. The molecule has 1 aliphatic heterocycles. The minimum absolute atomic E-state index is 0.0114. The summed E-state index contributed by atoms with van der Waals surface area (Å²) in [5, 5.41) is 0.938. The number of nitrogens with zero attached hydrogens (tertiary/aromatic N) is 2. The minimum Gasteiger partial charge on any atom is -0.378 e. The van der Waals surface area contributed by atoms with Crippen LogP contribution in [0.15, 0.2) is 54.6 Å². The largest absolute Gasteiger partial charge is 0.378 e. The van der Waals surface area contributed by atoms with Crippen molar-refractivity contribution in [3.05, 3.63) is 60.2 Å². The predicted octanol–water partition coefficient (Wildman–Crippen LogP) is 3.67. The first-order chi connectivity index (χ1) is 13.7. The summed E-state index contributed by atoms with van der Waals surface area (Å²) in [5.74, 6) is 0.0374. The SMILES string of the molecule is Cn1c(-c2ccccc2)c(C(=O)CCC(=O)N2CCOCC2)c2ccccc21. The number of fused-ring (bicyclic) bond motifs is 1. The first-order valence-electron chi connectivity index (χ1n) is 9.68. The van der Waals surface area contributed by atoms with Crippen LogP contribution < -0.4 is 0 Å². The number of aryl methyl sites for hydroxylation is 1. The smallest absolute Gasteiger partial charge is 0.223 e. The van der Waals surface area contributed by atoms with Gasteiger partial charge in [-0.2, -0.15) is 0 Å². The summed E-state index contributed by atoms with van der Waals surface area (Å²) in [6.45, 7) is 2.36. The lowest BCUT2D eigenvalue weighted by molar-refractivity contribution is -0.135. The van der Waals surface area contributed by atoms with Crippen LogP contribution in [0.3, 0.4) is 0 Å². The number of para-hydroxylation sites is 1. The van der Waals surface area contributed by atoms with Gasteiger partial charge in [0, 0.05) is 43.9 Å². The number of Topliss-reactive ketones (excluding diaryl/α,β-unsaturated/α-hetero) is 1. The van der Waals surface area contributed by atoms with Crippen LogP contribution in [0, 0.1) is 0 Å². The van der Waals surface area contributed by atoms with Crippen LogP contribution in [0.4, 0.5) is 0 Å². The first kappa shape index (κ1) is 18.4.